The molecule has 3 aromatic carbocycles. The van der Waals surface area contributed by atoms with E-state index in [0.29, 0.717) is 26.4 Å². The van der Waals surface area contributed by atoms with Gasteiger partial charge in [0, 0.05) is 32.8 Å². The molecule has 0 aromatic heterocycles. The second-order valence-electron chi connectivity index (χ2n) is 10.8. The summed E-state index contributed by atoms with van der Waals surface area (Å²) in [5, 5.41) is 3.99. The predicted octanol–water partition coefficient (Wildman–Crippen LogP) is 4.97. The molecule has 0 aliphatic carbocycles. The van der Waals surface area contributed by atoms with Gasteiger partial charge in [-0.25, -0.2) is 0 Å². The maximum absolute atomic E-state index is 6.74. The lowest BCUT2D eigenvalue weighted by atomic mass is 9.91. The molecule has 3 aromatic rings. The Balaban J connectivity index is 1.74. The maximum Gasteiger partial charge on any atom is 0.147 e. The van der Waals surface area contributed by atoms with Crippen LogP contribution < -0.4 is 5.32 Å². The van der Waals surface area contributed by atoms with Crippen LogP contribution in [0.25, 0.3) is 0 Å². The van der Waals surface area contributed by atoms with E-state index in [1.165, 1.54) is 16.7 Å². The lowest BCUT2D eigenvalue weighted by Gasteiger charge is -2.40. The topological polar surface area (TPSA) is 70.7 Å². The van der Waals surface area contributed by atoms with E-state index in [1.54, 1.807) is 26.0 Å². The molecule has 1 aliphatic rings. The first-order valence-corrected chi connectivity index (χ1v) is 16.5. The number of nitrogens with one attached hydrogen (secondary N) is 1. The summed E-state index contributed by atoms with van der Waals surface area (Å²) >= 11 is 1.80. The molecular formula is C35H48N2O6S. The summed E-state index contributed by atoms with van der Waals surface area (Å²) in [6.45, 7) is 2.91. The summed E-state index contributed by atoms with van der Waals surface area (Å²) < 4.78 is 35.5. The third-order valence-corrected chi connectivity index (χ3v) is 8.61. The fourth-order valence-corrected chi connectivity index (χ4v) is 6.40. The summed E-state index contributed by atoms with van der Waals surface area (Å²) in [7, 11) is 3.34. The minimum atomic E-state index is -0.342. The average molecular weight is 625 g/mol. The number of hydrogen-bond acceptors (Lipinski definition) is 9. The molecule has 1 N–H and O–H groups in total. The van der Waals surface area contributed by atoms with Crippen LogP contribution in [0.3, 0.4) is 0 Å². The van der Waals surface area contributed by atoms with Crippen molar-refractivity contribution in [3.8, 4) is 0 Å². The van der Waals surface area contributed by atoms with Gasteiger partial charge in [0.25, 0.3) is 0 Å². The minimum Gasteiger partial charge on any atom is -0.382 e. The van der Waals surface area contributed by atoms with Gasteiger partial charge in [-0.15, -0.1) is 11.8 Å². The standard InChI is InChI=1S/C35H48N2O6S/c1-38-19-21-40-26-42-33-31(23-28-13-7-4-8-14-28)36-35(44-3)37(25-30-17-11-6-12-18-30)32(24-29-15-9-5-10-16-29)34(33)43-27-41-22-20-39-2/h4-18,31-36H,19-27H2,1-3H3. The van der Waals surface area contributed by atoms with Gasteiger partial charge in [0.05, 0.1) is 26.4 Å². The highest BCUT2D eigenvalue weighted by molar-refractivity contribution is 7.99. The highest BCUT2D eigenvalue weighted by atomic mass is 32.2. The monoisotopic (exact) mass is 624 g/mol. The van der Waals surface area contributed by atoms with Gasteiger partial charge in [0.15, 0.2) is 0 Å². The van der Waals surface area contributed by atoms with Crippen LogP contribution in [0, 0.1) is 0 Å². The van der Waals surface area contributed by atoms with Gasteiger partial charge < -0.3 is 28.4 Å². The molecule has 1 aliphatic heterocycles. The SMILES string of the molecule is COCCOCOC1C(Cc2ccccc2)NC(SC)N(Cc2ccccc2)C(Cc2ccccc2)C1OCOCCOC. The molecule has 0 spiro atoms. The molecule has 4 rings (SSSR count). The molecule has 1 heterocycles. The first-order valence-electron chi connectivity index (χ1n) is 15.3. The van der Waals surface area contributed by atoms with Gasteiger partial charge in [0.2, 0.25) is 0 Å². The fraction of sp³-hybridized carbons (Fsp3) is 0.486. The molecule has 5 atom stereocenters. The number of nitrogens with zero attached hydrogens (tertiary/aromatic N) is 1. The summed E-state index contributed by atoms with van der Waals surface area (Å²) in [4.78, 5) is 2.53. The Kier molecular flexibility index (Phi) is 15.7. The molecule has 9 heteroatoms. The molecule has 0 amide bonds. The van der Waals surface area contributed by atoms with Crippen molar-refractivity contribution in [2.45, 2.75) is 49.2 Å². The van der Waals surface area contributed by atoms with Gasteiger partial charge >= 0.3 is 0 Å². The molecule has 0 radical (unpaired) electrons. The summed E-state index contributed by atoms with van der Waals surface area (Å²) in [6, 6.07) is 31.7. The molecule has 0 saturated carbocycles. The van der Waals surface area contributed by atoms with E-state index in [1.807, 2.05) is 6.07 Å². The van der Waals surface area contributed by atoms with Crippen molar-refractivity contribution in [2.75, 3.05) is 60.5 Å². The molecule has 240 valence electrons. The fourth-order valence-electron chi connectivity index (χ4n) is 5.59. The van der Waals surface area contributed by atoms with Crippen LogP contribution in [0.4, 0.5) is 0 Å². The smallest absolute Gasteiger partial charge is 0.147 e. The van der Waals surface area contributed by atoms with Crippen molar-refractivity contribution < 1.29 is 28.4 Å². The van der Waals surface area contributed by atoms with Crippen LogP contribution in [0.5, 0.6) is 0 Å². The number of methoxy groups -OCH3 is 2. The van der Waals surface area contributed by atoms with Crippen molar-refractivity contribution in [1.82, 2.24) is 10.2 Å². The second kappa shape index (κ2) is 19.9. The number of hydrogen-bond donors (Lipinski definition) is 1. The van der Waals surface area contributed by atoms with E-state index < -0.39 is 0 Å². The van der Waals surface area contributed by atoms with Gasteiger partial charge in [-0.2, -0.15) is 0 Å². The normalized spacial score (nSPS) is 22.6. The van der Waals surface area contributed by atoms with E-state index in [-0.39, 0.29) is 43.4 Å². The maximum atomic E-state index is 6.74. The molecule has 5 unspecified atom stereocenters. The van der Waals surface area contributed by atoms with Crippen LogP contribution in [-0.2, 0) is 47.8 Å². The average Bonchev–Trinajstić information content (AvgIpc) is 3.16. The Morgan fingerprint density at radius 1 is 0.636 bits per heavy atom. The second-order valence-corrected chi connectivity index (χ2v) is 11.7. The molecule has 1 saturated heterocycles. The third kappa shape index (κ3) is 10.9. The van der Waals surface area contributed by atoms with Crippen LogP contribution in [-0.4, -0.2) is 95.2 Å². The Morgan fingerprint density at radius 3 is 1.66 bits per heavy atom. The van der Waals surface area contributed by atoms with Gasteiger partial charge in [0.1, 0.15) is 31.3 Å². The van der Waals surface area contributed by atoms with Gasteiger partial charge in [-0.05, 0) is 35.8 Å². The van der Waals surface area contributed by atoms with Crippen molar-refractivity contribution >= 4 is 11.8 Å². The number of thioether (sulfide) groups is 1. The first kappa shape index (κ1) is 34.6. The Morgan fingerprint density at radius 2 is 1.14 bits per heavy atom. The molecular weight excluding hydrogens is 576 g/mol. The minimum absolute atomic E-state index is 0.00106. The van der Waals surface area contributed by atoms with Crippen LogP contribution in [0.2, 0.25) is 0 Å². The lowest BCUT2D eigenvalue weighted by Crippen LogP contribution is -2.53. The zero-order valence-electron chi connectivity index (χ0n) is 26.2. The van der Waals surface area contributed by atoms with Gasteiger partial charge in [-0.1, -0.05) is 91.0 Å². The zero-order chi connectivity index (χ0) is 30.8. The summed E-state index contributed by atoms with van der Waals surface area (Å²) in [6.07, 6.45) is 3.02. The lowest BCUT2D eigenvalue weighted by molar-refractivity contribution is -0.188. The van der Waals surface area contributed by atoms with E-state index in [0.717, 1.165) is 19.4 Å². The number of ether oxygens (including phenoxy) is 6. The highest BCUT2D eigenvalue weighted by Crippen LogP contribution is 2.32. The Labute approximate surface area is 267 Å². The zero-order valence-corrected chi connectivity index (χ0v) is 27.0. The van der Waals surface area contributed by atoms with Crippen LogP contribution in [0.1, 0.15) is 16.7 Å². The third-order valence-electron chi connectivity index (χ3n) is 7.75. The van der Waals surface area contributed by atoms with Crippen molar-refractivity contribution in [3.05, 3.63) is 108 Å². The van der Waals surface area contributed by atoms with Crippen molar-refractivity contribution in [2.24, 2.45) is 0 Å². The van der Waals surface area contributed by atoms with E-state index >= 15 is 0 Å². The number of benzene rings is 3. The summed E-state index contributed by atoms with van der Waals surface area (Å²) in [5.41, 5.74) is 3.70. The Hall–Kier alpha value is -2.31. The highest BCUT2D eigenvalue weighted by Gasteiger charge is 2.45. The van der Waals surface area contributed by atoms with Gasteiger partial charge in [-0.3, -0.25) is 10.2 Å². The largest absolute Gasteiger partial charge is 0.382 e. The van der Waals surface area contributed by atoms with Crippen LogP contribution in [0.15, 0.2) is 91.0 Å². The molecule has 0 bridgehead atoms. The first-order chi connectivity index (χ1) is 21.7. The quantitative estimate of drug-likeness (QED) is 0.147. The van der Waals surface area contributed by atoms with E-state index in [2.05, 4.69) is 101 Å². The predicted molar refractivity (Wildman–Crippen MR) is 175 cm³/mol. The van der Waals surface area contributed by atoms with E-state index in [9.17, 15) is 0 Å². The van der Waals surface area contributed by atoms with Crippen molar-refractivity contribution in [1.29, 1.82) is 0 Å². The Bertz CT molecular complexity index is 1150. The molecule has 8 nitrogen and oxygen atoms in total. The van der Waals surface area contributed by atoms with Crippen LogP contribution >= 0.6 is 11.8 Å². The number of rotatable bonds is 19. The van der Waals surface area contributed by atoms with Crippen molar-refractivity contribution in [3.63, 3.8) is 0 Å². The molecule has 1 fully saturated rings. The molecule has 44 heavy (non-hydrogen) atoms. The summed E-state index contributed by atoms with van der Waals surface area (Å²) in [5.74, 6) is 0. The van der Waals surface area contributed by atoms with E-state index in [4.69, 9.17) is 28.4 Å².